The van der Waals surface area contributed by atoms with Gasteiger partial charge in [0.05, 0.1) is 5.57 Å². The van der Waals surface area contributed by atoms with Gasteiger partial charge in [-0.2, -0.15) is 13.2 Å². The Labute approximate surface area is 87.3 Å². The Bertz CT molecular complexity index is 339. The molecule has 0 atom stereocenters. The molecule has 14 heavy (non-hydrogen) atoms. The molecule has 0 unspecified atom stereocenters. The molecule has 0 spiro atoms. The molecule has 0 bridgehead atoms. The highest BCUT2D eigenvalue weighted by Gasteiger charge is 2.34. The number of nitrogens with two attached hydrogens (primary N) is 2. The molecular weight excluding hydrogens is 261 g/mol. The normalized spacial score (nSPS) is 18.9. The third-order valence-corrected chi connectivity index (χ3v) is 2.27. The van der Waals surface area contributed by atoms with Gasteiger partial charge in [0.1, 0.15) is 0 Å². The molecule has 1 rings (SSSR count). The van der Waals surface area contributed by atoms with Crippen molar-refractivity contribution in [2.75, 3.05) is 0 Å². The van der Waals surface area contributed by atoms with E-state index in [4.69, 9.17) is 11.5 Å². The van der Waals surface area contributed by atoms with Crippen molar-refractivity contribution in [3.63, 3.8) is 0 Å². The minimum absolute atomic E-state index is 0.0945. The first kappa shape index (κ1) is 11.2. The average molecular weight is 269 g/mol. The minimum atomic E-state index is -4.43. The van der Waals surface area contributed by atoms with Gasteiger partial charge in [-0.3, -0.25) is 0 Å². The molecule has 6 heteroatoms. The van der Waals surface area contributed by atoms with E-state index < -0.39 is 11.7 Å². The topological polar surface area (TPSA) is 52.0 Å². The van der Waals surface area contributed by atoms with Crippen LogP contribution in [0, 0.1) is 0 Å². The molecule has 4 N–H and O–H groups in total. The monoisotopic (exact) mass is 268 g/mol. The SMILES string of the molecule is NC1=CC(Br)=C(C(F)(F)F)C=C(N)C1. The van der Waals surface area contributed by atoms with Crippen LogP contribution in [-0.4, -0.2) is 6.18 Å². The van der Waals surface area contributed by atoms with Crippen LogP contribution in [0.15, 0.2) is 33.6 Å². The van der Waals surface area contributed by atoms with Crippen molar-refractivity contribution in [2.45, 2.75) is 12.6 Å². The van der Waals surface area contributed by atoms with Crippen LogP contribution in [-0.2, 0) is 0 Å². The lowest BCUT2D eigenvalue weighted by Crippen LogP contribution is -2.12. The second-order valence-corrected chi connectivity index (χ2v) is 3.73. The quantitative estimate of drug-likeness (QED) is 0.708. The van der Waals surface area contributed by atoms with Crippen molar-refractivity contribution in [2.24, 2.45) is 11.5 Å². The number of halogens is 4. The van der Waals surface area contributed by atoms with Gasteiger partial charge in [0.2, 0.25) is 0 Å². The third kappa shape index (κ3) is 2.54. The van der Waals surface area contributed by atoms with E-state index in [-0.39, 0.29) is 16.6 Å². The fourth-order valence-electron chi connectivity index (χ4n) is 1.05. The summed E-state index contributed by atoms with van der Waals surface area (Å²) in [5.41, 5.74) is 10.4. The molecule has 0 aromatic heterocycles. The van der Waals surface area contributed by atoms with E-state index >= 15 is 0 Å². The van der Waals surface area contributed by atoms with Crippen LogP contribution in [0.3, 0.4) is 0 Å². The van der Waals surface area contributed by atoms with Crippen LogP contribution in [0.1, 0.15) is 6.42 Å². The molecule has 0 saturated carbocycles. The minimum Gasteiger partial charge on any atom is -0.402 e. The molecule has 0 saturated heterocycles. The first-order chi connectivity index (χ1) is 6.30. The number of hydrogen-bond acceptors (Lipinski definition) is 2. The summed E-state index contributed by atoms with van der Waals surface area (Å²) < 4.78 is 37.1. The molecule has 78 valence electrons. The van der Waals surface area contributed by atoms with Gasteiger partial charge in [-0.15, -0.1) is 0 Å². The zero-order valence-electron chi connectivity index (χ0n) is 7.03. The summed E-state index contributed by atoms with van der Waals surface area (Å²) in [6.07, 6.45) is -2.17. The zero-order valence-corrected chi connectivity index (χ0v) is 8.61. The maximum absolute atomic E-state index is 12.4. The van der Waals surface area contributed by atoms with Crippen LogP contribution >= 0.6 is 15.9 Å². The lowest BCUT2D eigenvalue weighted by molar-refractivity contribution is -0.0883. The maximum atomic E-state index is 12.4. The number of allylic oxidation sites excluding steroid dienone is 4. The molecule has 1 aliphatic rings. The van der Waals surface area contributed by atoms with Crippen molar-refractivity contribution in [1.29, 1.82) is 0 Å². The summed E-state index contributed by atoms with van der Waals surface area (Å²) in [6, 6.07) is 0. The molecule has 2 nitrogen and oxygen atoms in total. The Morgan fingerprint density at radius 1 is 1.14 bits per heavy atom. The Kier molecular flexibility index (Phi) is 2.94. The van der Waals surface area contributed by atoms with Gasteiger partial charge >= 0.3 is 6.18 Å². The Balaban J connectivity index is 3.25. The van der Waals surface area contributed by atoms with Crippen molar-refractivity contribution >= 4 is 15.9 Å². The fraction of sp³-hybridized carbons (Fsp3) is 0.250. The van der Waals surface area contributed by atoms with Crippen LogP contribution in [0.2, 0.25) is 0 Å². The van der Waals surface area contributed by atoms with Crippen molar-refractivity contribution in [3.8, 4) is 0 Å². The van der Waals surface area contributed by atoms with Gasteiger partial charge in [-0.1, -0.05) is 15.9 Å². The van der Waals surface area contributed by atoms with E-state index in [1.165, 1.54) is 6.08 Å². The summed E-state index contributed by atoms with van der Waals surface area (Å²) in [6.45, 7) is 0. The average Bonchev–Trinajstić information content (AvgIpc) is 2.07. The van der Waals surface area contributed by atoms with Crippen LogP contribution < -0.4 is 11.5 Å². The van der Waals surface area contributed by atoms with Gasteiger partial charge in [0, 0.05) is 22.3 Å². The summed E-state index contributed by atoms with van der Waals surface area (Å²) in [5.74, 6) is 0. The molecule has 0 radical (unpaired) electrons. The summed E-state index contributed by atoms with van der Waals surface area (Å²) in [5, 5.41) is 0. The highest BCUT2D eigenvalue weighted by atomic mass is 79.9. The summed E-state index contributed by atoms with van der Waals surface area (Å²) >= 11 is 2.81. The predicted molar refractivity (Wildman–Crippen MR) is 51.2 cm³/mol. The Morgan fingerprint density at radius 2 is 1.64 bits per heavy atom. The molecule has 0 amide bonds. The largest absolute Gasteiger partial charge is 0.417 e. The van der Waals surface area contributed by atoms with E-state index in [0.717, 1.165) is 6.08 Å². The van der Waals surface area contributed by atoms with Gasteiger partial charge < -0.3 is 11.5 Å². The van der Waals surface area contributed by atoms with E-state index in [0.29, 0.717) is 5.70 Å². The van der Waals surface area contributed by atoms with E-state index in [9.17, 15) is 13.2 Å². The molecule has 0 heterocycles. The smallest absolute Gasteiger partial charge is 0.402 e. The standard InChI is InChI=1S/C8H8BrF3N2/c9-7-3-5(14)1-4(13)2-6(7)8(10,11)12/h2-3H,1,13-14H2. The zero-order chi connectivity index (χ0) is 10.9. The fourth-order valence-corrected chi connectivity index (χ4v) is 1.68. The highest BCUT2D eigenvalue weighted by molar-refractivity contribution is 9.11. The van der Waals surface area contributed by atoms with Gasteiger partial charge in [-0.25, -0.2) is 0 Å². The molecular formula is C8H8BrF3N2. The molecule has 0 aromatic carbocycles. The molecule has 0 fully saturated rings. The van der Waals surface area contributed by atoms with Gasteiger partial charge in [0.25, 0.3) is 0 Å². The summed E-state index contributed by atoms with van der Waals surface area (Å²) in [7, 11) is 0. The lowest BCUT2D eigenvalue weighted by Gasteiger charge is -2.08. The first-order valence-corrected chi connectivity index (χ1v) is 4.49. The molecule has 1 aliphatic carbocycles. The van der Waals surface area contributed by atoms with Crippen LogP contribution in [0.25, 0.3) is 0 Å². The molecule has 0 aliphatic heterocycles. The summed E-state index contributed by atoms with van der Waals surface area (Å²) in [4.78, 5) is 0. The number of hydrogen-bond donors (Lipinski definition) is 2. The molecule has 0 aromatic rings. The highest BCUT2D eigenvalue weighted by Crippen LogP contribution is 2.34. The van der Waals surface area contributed by atoms with Gasteiger partial charge in [0.15, 0.2) is 0 Å². The second-order valence-electron chi connectivity index (χ2n) is 2.87. The Morgan fingerprint density at radius 3 is 2.14 bits per heavy atom. The lowest BCUT2D eigenvalue weighted by atomic mass is 10.2. The van der Waals surface area contributed by atoms with Crippen molar-refractivity contribution in [1.82, 2.24) is 0 Å². The maximum Gasteiger partial charge on any atom is 0.417 e. The van der Waals surface area contributed by atoms with Crippen LogP contribution in [0.5, 0.6) is 0 Å². The van der Waals surface area contributed by atoms with E-state index in [2.05, 4.69) is 15.9 Å². The van der Waals surface area contributed by atoms with E-state index in [1.54, 1.807) is 0 Å². The Hall–Kier alpha value is -0.910. The van der Waals surface area contributed by atoms with Crippen molar-refractivity contribution in [3.05, 3.63) is 33.6 Å². The first-order valence-electron chi connectivity index (χ1n) is 3.70. The van der Waals surface area contributed by atoms with Crippen LogP contribution in [0.4, 0.5) is 13.2 Å². The predicted octanol–water partition coefficient (Wildman–Crippen LogP) is 2.29. The van der Waals surface area contributed by atoms with E-state index in [1.807, 2.05) is 0 Å². The number of alkyl halides is 3. The number of rotatable bonds is 0. The van der Waals surface area contributed by atoms with Crippen molar-refractivity contribution < 1.29 is 13.2 Å². The van der Waals surface area contributed by atoms with Gasteiger partial charge in [-0.05, 0) is 12.2 Å². The second kappa shape index (κ2) is 3.68. The third-order valence-electron chi connectivity index (χ3n) is 1.61.